The highest BCUT2D eigenvalue weighted by molar-refractivity contribution is 7.80. The van der Waals surface area contributed by atoms with Crippen molar-refractivity contribution in [1.29, 1.82) is 0 Å². The molecule has 0 atom stereocenters. The number of hydrogen-bond acceptors (Lipinski definition) is 2. The van der Waals surface area contributed by atoms with Gasteiger partial charge in [0.25, 0.3) is 0 Å². The highest BCUT2D eigenvalue weighted by Crippen LogP contribution is 2.15. The van der Waals surface area contributed by atoms with E-state index in [-0.39, 0.29) is 12.3 Å². The van der Waals surface area contributed by atoms with Gasteiger partial charge in [-0.3, -0.25) is 4.79 Å². The first kappa shape index (κ1) is 12.9. The SMILES string of the molecule is CN(CC(N)=S)C(=O)Cc1ccccc1Cl. The van der Waals surface area contributed by atoms with Crippen LogP contribution in [-0.4, -0.2) is 29.4 Å². The van der Waals surface area contributed by atoms with Crippen LogP contribution in [0.1, 0.15) is 5.56 Å². The molecule has 5 heteroatoms. The highest BCUT2D eigenvalue weighted by Gasteiger charge is 2.11. The molecule has 0 saturated carbocycles. The van der Waals surface area contributed by atoms with Crippen molar-refractivity contribution < 1.29 is 4.79 Å². The molecule has 1 aromatic rings. The molecule has 0 saturated heterocycles. The molecule has 0 fully saturated rings. The molecule has 0 aliphatic rings. The standard InChI is InChI=1S/C11H13ClN2OS/c1-14(7-10(13)16)11(15)6-8-4-2-3-5-9(8)12/h2-5H,6-7H2,1H3,(H2,13,16). The second-order valence-electron chi connectivity index (χ2n) is 3.48. The maximum atomic E-state index is 11.8. The lowest BCUT2D eigenvalue weighted by Gasteiger charge is -2.16. The van der Waals surface area contributed by atoms with Gasteiger partial charge in [-0.25, -0.2) is 0 Å². The molecule has 0 heterocycles. The van der Waals surface area contributed by atoms with Gasteiger partial charge in [-0.05, 0) is 11.6 Å². The number of nitrogens with zero attached hydrogens (tertiary/aromatic N) is 1. The van der Waals surface area contributed by atoms with E-state index in [1.807, 2.05) is 18.2 Å². The third-order valence-electron chi connectivity index (χ3n) is 2.12. The number of thiocarbonyl (C=S) groups is 1. The Morgan fingerprint density at radius 3 is 2.69 bits per heavy atom. The summed E-state index contributed by atoms with van der Waals surface area (Å²) in [5, 5.41) is 0.597. The van der Waals surface area contributed by atoms with Crippen molar-refractivity contribution in [2.45, 2.75) is 6.42 Å². The van der Waals surface area contributed by atoms with Gasteiger partial charge in [0.2, 0.25) is 5.91 Å². The number of benzene rings is 1. The van der Waals surface area contributed by atoms with Crippen LogP contribution in [0.15, 0.2) is 24.3 Å². The normalized spacial score (nSPS) is 9.88. The van der Waals surface area contributed by atoms with Gasteiger partial charge in [0.05, 0.1) is 18.0 Å². The van der Waals surface area contributed by atoms with E-state index >= 15 is 0 Å². The van der Waals surface area contributed by atoms with Gasteiger partial charge in [0.15, 0.2) is 0 Å². The Balaban J connectivity index is 2.64. The third-order valence-corrected chi connectivity index (χ3v) is 2.62. The van der Waals surface area contributed by atoms with E-state index in [0.29, 0.717) is 16.6 Å². The van der Waals surface area contributed by atoms with Gasteiger partial charge in [-0.15, -0.1) is 0 Å². The monoisotopic (exact) mass is 256 g/mol. The number of carbonyl (C=O) groups is 1. The topological polar surface area (TPSA) is 46.3 Å². The van der Waals surface area contributed by atoms with Crippen molar-refractivity contribution in [2.24, 2.45) is 5.73 Å². The number of amides is 1. The Labute approximate surface area is 105 Å². The zero-order valence-electron chi connectivity index (χ0n) is 8.94. The average molecular weight is 257 g/mol. The van der Waals surface area contributed by atoms with E-state index in [4.69, 9.17) is 29.6 Å². The van der Waals surface area contributed by atoms with Crippen molar-refractivity contribution in [3.8, 4) is 0 Å². The Morgan fingerprint density at radius 1 is 1.50 bits per heavy atom. The van der Waals surface area contributed by atoms with Gasteiger partial charge < -0.3 is 10.6 Å². The molecule has 1 amide bonds. The predicted molar refractivity (Wildman–Crippen MR) is 69.6 cm³/mol. The second-order valence-corrected chi connectivity index (χ2v) is 4.42. The van der Waals surface area contributed by atoms with Gasteiger partial charge in [-0.1, -0.05) is 42.0 Å². The minimum atomic E-state index is -0.0547. The lowest BCUT2D eigenvalue weighted by molar-refractivity contribution is -0.128. The van der Waals surface area contributed by atoms with Crippen molar-refractivity contribution in [1.82, 2.24) is 4.90 Å². The molecule has 2 N–H and O–H groups in total. The lowest BCUT2D eigenvalue weighted by Crippen LogP contribution is -2.35. The number of hydrogen-bond donors (Lipinski definition) is 1. The fraction of sp³-hybridized carbons (Fsp3) is 0.273. The lowest BCUT2D eigenvalue weighted by atomic mass is 10.1. The van der Waals surface area contributed by atoms with Gasteiger partial charge in [-0.2, -0.15) is 0 Å². The second kappa shape index (κ2) is 5.82. The first-order valence-corrected chi connectivity index (χ1v) is 5.55. The van der Waals surface area contributed by atoms with Crippen LogP contribution in [0, 0.1) is 0 Å². The average Bonchev–Trinajstić information content (AvgIpc) is 2.20. The molecule has 1 aromatic carbocycles. The molecule has 0 aliphatic heterocycles. The zero-order chi connectivity index (χ0) is 12.1. The van der Waals surface area contributed by atoms with Gasteiger partial charge >= 0.3 is 0 Å². The van der Waals surface area contributed by atoms with Gasteiger partial charge in [0, 0.05) is 12.1 Å². The quantitative estimate of drug-likeness (QED) is 0.833. The number of carbonyl (C=O) groups excluding carboxylic acids is 1. The van der Waals surface area contributed by atoms with E-state index in [1.165, 1.54) is 4.90 Å². The summed E-state index contributed by atoms with van der Waals surface area (Å²) in [5.74, 6) is -0.0547. The fourth-order valence-corrected chi connectivity index (χ4v) is 1.66. The number of nitrogens with two attached hydrogens (primary N) is 1. The summed E-state index contributed by atoms with van der Waals surface area (Å²) < 4.78 is 0. The van der Waals surface area contributed by atoms with Crippen LogP contribution in [0.3, 0.4) is 0 Å². The van der Waals surface area contributed by atoms with Crippen molar-refractivity contribution in [2.75, 3.05) is 13.6 Å². The summed E-state index contributed by atoms with van der Waals surface area (Å²) in [6.07, 6.45) is 0.263. The Kier molecular flexibility index (Phi) is 4.71. The van der Waals surface area contributed by atoms with Crippen LogP contribution in [0.2, 0.25) is 5.02 Å². The van der Waals surface area contributed by atoms with E-state index in [0.717, 1.165) is 5.56 Å². The molecule has 0 aliphatic carbocycles. The van der Waals surface area contributed by atoms with Crippen LogP contribution >= 0.6 is 23.8 Å². The minimum absolute atomic E-state index is 0.0547. The van der Waals surface area contributed by atoms with E-state index < -0.39 is 0 Å². The maximum Gasteiger partial charge on any atom is 0.227 e. The van der Waals surface area contributed by atoms with Crippen LogP contribution in [0.5, 0.6) is 0 Å². The summed E-state index contributed by atoms with van der Waals surface area (Å²) in [6.45, 7) is 0.290. The molecule has 3 nitrogen and oxygen atoms in total. The van der Waals surface area contributed by atoms with Crippen molar-refractivity contribution in [3.63, 3.8) is 0 Å². The highest BCUT2D eigenvalue weighted by atomic mass is 35.5. The van der Waals surface area contributed by atoms with Crippen molar-refractivity contribution >= 4 is 34.7 Å². The molecule has 16 heavy (non-hydrogen) atoms. The van der Waals surface area contributed by atoms with Crippen molar-refractivity contribution in [3.05, 3.63) is 34.9 Å². The Hall–Kier alpha value is -1.13. The summed E-state index contributed by atoms with van der Waals surface area (Å²) in [4.78, 5) is 13.5. The Bertz CT molecular complexity index is 409. The van der Waals surface area contributed by atoms with Gasteiger partial charge in [0.1, 0.15) is 0 Å². The summed E-state index contributed by atoms with van der Waals surface area (Å²) >= 11 is 10.7. The van der Waals surface area contributed by atoms with E-state index in [9.17, 15) is 4.79 Å². The zero-order valence-corrected chi connectivity index (χ0v) is 10.5. The minimum Gasteiger partial charge on any atom is -0.392 e. The molecular weight excluding hydrogens is 244 g/mol. The summed E-state index contributed by atoms with van der Waals surface area (Å²) in [6, 6.07) is 7.27. The largest absolute Gasteiger partial charge is 0.392 e. The summed E-state index contributed by atoms with van der Waals surface area (Å²) in [5.41, 5.74) is 6.18. The fourth-order valence-electron chi connectivity index (χ4n) is 1.26. The van der Waals surface area contributed by atoms with E-state index in [2.05, 4.69) is 0 Å². The first-order valence-electron chi connectivity index (χ1n) is 4.76. The molecule has 1 rings (SSSR count). The first-order chi connectivity index (χ1) is 7.50. The molecular formula is C11H13ClN2OS. The molecule has 0 spiro atoms. The van der Waals surface area contributed by atoms with E-state index in [1.54, 1.807) is 13.1 Å². The molecule has 0 radical (unpaired) electrons. The molecule has 0 unspecified atom stereocenters. The third kappa shape index (κ3) is 3.79. The number of likely N-dealkylation sites (N-methyl/N-ethyl adjacent to an activating group) is 1. The van der Waals surface area contributed by atoms with Crippen LogP contribution < -0.4 is 5.73 Å². The summed E-state index contributed by atoms with van der Waals surface area (Å²) in [7, 11) is 1.67. The molecule has 86 valence electrons. The van der Waals surface area contributed by atoms with Crippen LogP contribution in [0.4, 0.5) is 0 Å². The number of halogens is 1. The van der Waals surface area contributed by atoms with Crippen LogP contribution in [-0.2, 0) is 11.2 Å². The smallest absolute Gasteiger partial charge is 0.227 e. The van der Waals surface area contributed by atoms with Crippen LogP contribution in [0.25, 0.3) is 0 Å². The molecule has 0 bridgehead atoms. The molecule has 0 aromatic heterocycles. The maximum absolute atomic E-state index is 11.8. The Morgan fingerprint density at radius 2 is 2.12 bits per heavy atom. The number of rotatable bonds is 4. The predicted octanol–water partition coefficient (Wildman–Crippen LogP) is 1.63.